The van der Waals surface area contributed by atoms with Crippen LogP contribution in [0.2, 0.25) is 5.02 Å². The van der Waals surface area contributed by atoms with Gasteiger partial charge in [0, 0.05) is 22.0 Å². The van der Waals surface area contributed by atoms with Crippen LogP contribution in [0.5, 0.6) is 0 Å². The van der Waals surface area contributed by atoms with Crippen molar-refractivity contribution in [2.45, 2.75) is 30.2 Å². The number of benzene rings is 2. The summed E-state index contributed by atoms with van der Waals surface area (Å²) in [7, 11) is 0. The number of anilines is 1. The summed E-state index contributed by atoms with van der Waals surface area (Å²) >= 11 is 10.3. The first-order valence-electron chi connectivity index (χ1n) is 7.02. The molecule has 4 heteroatoms. The van der Waals surface area contributed by atoms with Crippen molar-refractivity contribution in [1.29, 1.82) is 0 Å². The number of nitrogens with zero attached hydrogens (tertiary/aromatic N) is 1. The fourth-order valence-corrected chi connectivity index (χ4v) is 3.08. The average Bonchev–Trinajstić information content (AvgIpc) is 2.49. The van der Waals surface area contributed by atoms with Crippen LogP contribution in [-0.2, 0) is 4.79 Å². The second-order valence-electron chi connectivity index (χ2n) is 5.24. The van der Waals surface area contributed by atoms with E-state index in [4.69, 9.17) is 11.6 Å². The molecule has 2 aromatic rings. The Bertz CT molecular complexity index is 639. The highest BCUT2D eigenvalue weighted by molar-refractivity contribution is 7.80. The lowest BCUT2D eigenvalue weighted by Crippen LogP contribution is -2.38. The van der Waals surface area contributed by atoms with Crippen LogP contribution in [0.3, 0.4) is 0 Å². The third-order valence-electron chi connectivity index (χ3n) is 3.83. The van der Waals surface area contributed by atoms with E-state index in [2.05, 4.69) is 24.8 Å². The molecule has 21 heavy (non-hydrogen) atoms. The van der Waals surface area contributed by atoms with Crippen molar-refractivity contribution < 1.29 is 4.79 Å². The van der Waals surface area contributed by atoms with Crippen LogP contribution in [0, 0.1) is 0 Å². The van der Waals surface area contributed by atoms with E-state index in [0.717, 1.165) is 29.0 Å². The van der Waals surface area contributed by atoms with Gasteiger partial charge in [-0.3, -0.25) is 4.79 Å². The first-order valence-corrected chi connectivity index (χ1v) is 7.84. The largest absolute Gasteiger partial charge is 0.305 e. The minimum atomic E-state index is 0.0846. The van der Waals surface area contributed by atoms with E-state index in [-0.39, 0.29) is 11.9 Å². The highest BCUT2D eigenvalue weighted by Gasteiger charge is 2.30. The monoisotopic (exact) mass is 317 g/mol. The molecule has 0 N–H and O–H groups in total. The Morgan fingerprint density at radius 2 is 1.71 bits per heavy atom. The van der Waals surface area contributed by atoms with Gasteiger partial charge in [-0.15, -0.1) is 12.6 Å². The van der Waals surface area contributed by atoms with Gasteiger partial charge in [-0.25, -0.2) is 0 Å². The van der Waals surface area contributed by atoms with Gasteiger partial charge in [0.2, 0.25) is 5.91 Å². The van der Waals surface area contributed by atoms with E-state index < -0.39 is 0 Å². The summed E-state index contributed by atoms with van der Waals surface area (Å²) in [6, 6.07) is 15.6. The Kier molecular flexibility index (Phi) is 4.22. The molecule has 3 rings (SSSR count). The van der Waals surface area contributed by atoms with E-state index >= 15 is 0 Å². The van der Waals surface area contributed by atoms with Gasteiger partial charge >= 0.3 is 0 Å². The summed E-state index contributed by atoms with van der Waals surface area (Å²) in [5, 5.41) is 0.680. The predicted molar refractivity (Wildman–Crippen MR) is 89.2 cm³/mol. The van der Waals surface area contributed by atoms with Gasteiger partial charge in [0.1, 0.15) is 0 Å². The van der Waals surface area contributed by atoms with Gasteiger partial charge in [0.05, 0.1) is 6.04 Å². The molecule has 108 valence electrons. The van der Waals surface area contributed by atoms with Crippen LogP contribution in [0.4, 0.5) is 5.69 Å². The summed E-state index contributed by atoms with van der Waals surface area (Å²) in [6.45, 7) is 0. The van der Waals surface area contributed by atoms with Crippen LogP contribution in [-0.4, -0.2) is 5.91 Å². The number of carbonyl (C=O) groups excluding carboxylic acids is 1. The minimum Gasteiger partial charge on any atom is -0.305 e. The molecule has 0 spiro atoms. The standard InChI is InChI=1S/C17H16ClNOS/c18-13-6-8-14(9-7-13)19-16(2-1-3-17(19)20)12-4-10-15(21)11-5-12/h4-11,16,21H,1-3H2. The number of piperidine rings is 1. The Balaban J connectivity index is 1.98. The summed E-state index contributed by atoms with van der Waals surface area (Å²) in [6.07, 6.45) is 2.50. The number of hydrogen-bond acceptors (Lipinski definition) is 2. The zero-order chi connectivity index (χ0) is 14.8. The van der Waals surface area contributed by atoms with Crippen molar-refractivity contribution in [3.8, 4) is 0 Å². The molecule has 0 aromatic heterocycles. The third kappa shape index (κ3) is 3.09. The number of halogens is 1. The average molecular weight is 318 g/mol. The van der Waals surface area contributed by atoms with Gasteiger partial charge in [-0.2, -0.15) is 0 Å². The van der Waals surface area contributed by atoms with Gasteiger partial charge < -0.3 is 4.90 Å². The van der Waals surface area contributed by atoms with Crippen LogP contribution in [0.1, 0.15) is 30.9 Å². The quantitative estimate of drug-likeness (QED) is 0.782. The number of carbonyl (C=O) groups is 1. The van der Waals surface area contributed by atoms with Crippen LogP contribution >= 0.6 is 24.2 Å². The van der Waals surface area contributed by atoms with Gasteiger partial charge in [-0.05, 0) is 54.8 Å². The van der Waals surface area contributed by atoms with E-state index in [1.54, 1.807) is 0 Å². The molecular formula is C17H16ClNOS. The number of amides is 1. The van der Waals surface area contributed by atoms with Gasteiger partial charge in [0.25, 0.3) is 0 Å². The molecule has 2 aromatic carbocycles. The maximum Gasteiger partial charge on any atom is 0.227 e. The van der Waals surface area contributed by atoms with Gasteiger partial charge in [0.15, 0.2) is 0 Å². The molecule has 1 unspecified atom stereocenters. The van der Waals surface area contributed by atoms with Crippen molar-refractivity contribution in [2.24, 2.45) is 0 Å². The lowest BCUT2D eigenvalue weighted by atomic mass is 9.94. The first kappa shape index (κ1) is 14.5. The first-order chi connectivity index (χ1) is 10.1. The summed E-state index contributed by atoms with van der Waals surface area (Å²) < 4.78 is 0. The Labute approximate surface area is 135 Å². The Hall–Kier alpha value is -1.45. The number of thiol groups is 1. The highest BCUT2D eigenvalue weighted by atomic mass is 35.5. The lowest BCUT2D eigenvalue weighted by Gasteiger charge is -2.36. The Morgan fingerprint density at radius 1 is 1.05 bits per heavy atom. The maximum atomic E-state index is 12.4. The second-order valence-corrected chi connectivity index (χ2v) is 6.19. The van der Waals surface area contributed by atoms with Crippen molar-refractivity contribution in [1.82, 2.24) is 0 Å². The third-order valence-corrected chi connectivity index (χ3v) is 4.38. The number of rotatable bonds is 2. The van der Waals surface area contributed by atoms with Crippen LogP contribution in [0.15, 0.2) is 53.4 Å². The molecule has 1 aliphatic heterocycles. The molecule has 0 saturated carbocycles. The normalized spacial score (nSPS) is 18.9. The van der Waals surface area contributed by atoms with Gasteiger partial charge in [-0.1, -0.05) is 23.7 Å². The SMILES string of the molecule is O=C1CCCC(c2ccc(S)cc2)N1c1ccc(Cl)cc1. The molecule has 1 saturated heterocycles. The zero-order valence-corrected chi connectivity index (χ0v) is 13.1. The molecular weight excluding hydrogens is 302 g/mol. The topological polar surface area (TPSA) is 20.3 Å². The summed E-state index contributed by atoms with van der Waals surface area (Å²) in [5.74, 6) is 0.170. The van der Waals surface area contributed by atoms with Crippen molar-refractivity contribution in [3.63, 3.8) is 0 Å². The molecule has 1 amide bonds. The lowest BCUT2D eigenvalue weighted by molar-refractivity contribution is -0.120. The fourth-order valence-electron chi connectivity index (χ4n) is 2.81. The molecule has 2 nitrogen and oxygen atoms in total. The van der Waals surface area contributed by atoms with E-state index in [1.807, 2.05) is 41.3 Å². The highest BCUT2D eigenvalue weighted by Crippen LogP contribution is 2.36. The van der Waals surface area contributed by atoms with Crippen LogP contribution in [0.25, 0.3) is 0 Å². The number of hydrogen-bond donors (Lipinski definition) is 1. The van der Waals surface area contributed by atoms with Crippen molar-refractivity contribution in [2.75, 3.05) is 4.90 Å². The summed E-state index contributed by atoms with van der Waals surface area (Å²) in [5.41, 5.74) is 2.06. The fraction of sp³-hybridized carbons (Fsp3) is 0.235. The molecule has 0 radical (unpaired) electrons. The molecule has 1 aliphatic rings. The van der Waals surface area contributed by atoms with E-state index in [1.165, 1.54) is 0 Å². The predicted octanol–water partition coefficient (Wildman–Crippen LogP) is 4.89. The Morgan fingerprint density at radius 3 is 2.38 bits per heavy atom. The zero-order valence-electron chi connectivity index (χ0n) is 11.5. The molecule has 1 heterocycles. The molecule has 0 aliphatic carbocycles. The van der Waals surface area contributed by atoms with Crippen LogP contribution < -0.4 is 4.90 Å². The maximum absolute atomic E-state index is 12.4. The van der Waals surface area contributed by atoms with Crippen molar-refractivity contribution in [3.05, 3.63) is 59.1 Å². The molecule has 1 fully saturated rings. The van der Waals surface area contributed by atoms with E-state index in [9.17, 15) is 4.79 Å². The molecule has 0 bridgehead atoms. The second kappa shape index (κ2) is 6.12. The van der Waals surface area contributed by atoms with E-state index in [0.29, 0.717) is 11.4 Å². The smallest absolute Gasteiger partial charge is 0.227 e. The molecule has 1 atom stereocenters. The summed E-state index contributed by atoms with van der Waals surface area (Å²) in [4.78, 5) is 15.2. The minimum absolute atomic E-state index is 0.0846. The van der Waals surface area contributed by atoms with Crippen molar-refractivity contribution >= 4 is 35.8 Å².